The van der Waals surface area contributed by atoms with Crippen molar-refractivity contribution in [2.75, 3.05) is 7.11 Å². The molecule has 1 aromatic rings. The maximum Gasteiger partial charge on any atom is 0.162 e. The number of hydrogen-bond acceptors (Lipinski definition) is 3. The highest BCUT2D eigenvalue weighted by Gasteiger charge is 2.39. The van der Waals surface area contributed by atoms with E-state index in [2.05, 4.69) is 18.9 Å². The summed E-state index contributed by atoms with van der Waals surface area (Å²) in [5, 5.41) is 15.5. The van der Waals surface area contributed by atoms with Gasteiger partial charge in [0.05, 0.1) is 13.3 Å². The number of hydrogen-bond donors (Lipinski definition) is 1. The molecule has 1 aromatic heterocycles. The van der Waals surface area contributed by atoms with Crippen molar-refractivity contribution in [3.8, 4) is 5.75 Å². The van der Waals surface area contributed by atoms with Crippen molar-refractivity contribution in [3.05, 3.63) is 11.9 Å². The third kappa shape index (κ3) is 3.00. The zero-order valence-electron chi connectivity index (χ0n) is 13.1. The van der Waals surface area contributed by atoms with Gasteiger partial charge in [-0.2, -0.15) is 5.10 Å². The lowest BCUT2D eigenvalue weighted by Crippen LogP contribution is -2.34. The molecule has 20 heavy (non-hydrogen) atoms. The zero-order chi connectivity index (χ0) is 14.6. The highest BCUT2D eigenvalue weighted by molar-refractivity contribution is 5.31. The van der Waals surface area contributed by atoms with Crippen molar-refractivity contribution in [1.82, 2.24) is 9.78 Å². The molecule has 4 nitrogen and oxygen atoms in total. The summed E-state index contributed by atoms with van der Waals surface area (Å²) >= 11 is 0. The second-order valence-electron chi connectivity index (χ2n) is 6.05. The Labute approximate surface area is 122 Å². The quantitative estimate of drug-likeness (QED) is 0.868. The first-order valence-corrected chi connectivity index (χ1v) is 7.97. The maximum atomic E-state index is 11.1. The van der Waals surface area contributed by atoms with Gasteiger partial charge in [-0.1, -0.05) is 26.7 Å². The van der Waals surface area contributed by atoms with Crippen LogP contribution < -0.4 is 4.74 Å². The Kier molecular flexibility index (Phi) is 5.08. The van der Waals surface area contributed by atoms with Gasteiger partial charge in [-0.15, -0.1) is 0 Å². The lowest BCUT2D eigenvalue weighted by Gasteiger charge is -2.36. The molecule has 1 saturated carbocycles. The van der Waals surface area contributed by atoms with Gasteiger partial charge in [-0.3, -0.25) is 4.68 Å². The molecule has 1 aliphatic carbocycles. The zero-order valence-corrected chi connectivity index (χ0v) is 13.1. The molecule has 0 amide bonds. The molecule has 0 aromatic carbocycles. The van der Waals surface area contributed by atoms with Crippen LogP contribution in [0.15, 0.2) is 6.20 Å². The molecule has 2 rings (SSSR count). The van der Waals surface area contributed by atoms with Gasteiger partial charge in [0, 0.05) is 6.54 Å². The highest BCUT2D eigenvalue weighted by Crippen LogP contribution is 2.43. The normalized spacial score (nSPS) is 26.7. The second kappa shape index (κ2) is 6.61. The number of aromatic nitrogens is 2. The van der Waals surface area contributed by atoms with E-state index in [1.165, 1.54) is 12.8 Å². The predicted molar refractivity (Wildman–Crippen MR) is 79.8 cm³/mol. The van der Waals surface area contributed by atoms with Gasteiger partial charge in [-0.25, -0.2) is 0 Å². The van der Waals surface area contributed by atoms with E-state index in [1.807, 2.05) is 4.68 Å². The van der Waals surface area contributed by atoms with Gasteiger partial charge in [-0.05, 0) is 38.0 Å². The molecular formula is C16H28N2O2. The molecular weight excluding hydrogens is 252 g/mol. The number of aliphatic hydroxyl groups is 1. The maximum absolute atomic E-state index is 11.1. The second-order valence-corrected chi connectivity index (χ2v) is 6.05. The van der Waals surface area contributed by atoms with Crippen molar-refractivity contribution in [2.24, 2.45) is 5.92 Å². The van der Waals surface area contributed by atoms with Crippen LogP contribution in [0.5, 0.6) is 5.75 Å². The molecule has 0 atom stereocenters. The Bertz CT molecular complexity index is 420. The average Bonchev–Trinajstić information content (AvgIpc) is 2.86. The van der Waals surface area contributed by atoms with Crippen LogP contribution >= 0.6 is 0 Å². The summed E-state index contributed by atoms with van der Waals surface area (Å²) in [6.07, 6.45) is 9.11. The Morgan fingerprint density at radius 1 is 1.35 bits per heavy atom. The molecule has 0 unspecified atom stereocenters. The van der Waals surface area contributed by atoms with Crippen LogP contribution in [-0.4, -0.2) is 22.0 Å². The van der Waals surface area contributed by atoms with E-state index in [-0.39, 0.29) is 0 Å². The van der Waals surface area contributed by atoms with Gasteiger partial charge in [0.1, 0.15) is 11.3 Å². The molecule has 0 aliphatic heterocycles. The summed E-state index contributed by atoms with van der Waals surface area (Å²) in [4.78, 5) is 0. The Morgan fingerprint density at radius 3 is 2.60 bits per heavy atom. The van der Waals surface area contributed by atoms with E-state index in [0.29, 0.717) is 0 Å². The van der Waals surface area contributed by atoms with Crippen LogP contribution in [0.1, 0.15) is 64.5 Å². The fourth-order valence-corrected chi connectivity index (χ4v) is 3.46. The van der Waals surface area contributed by atoms with Crippen LogP contribution in [0.4, 0.5) is 0 Å². The molecule has 1 aliphatic rings. The minimum atomic E-state index is -0.763. The lowest BCUT2D eigenvalue weighted by atomic mass is 9.75. The van der Waals surface area contributed by atoms with Crippen LogP contribution in [0, 0.1) is 5.92 Å². The summed E-state index contributed by atoms with van der Waals surface area (Å²) in [5.74, 6) is 1.50. The average molecular weight is 280 g/mol. The Hall–Kier alpha value is -1.03. The lowest BCUT2D eigenvalue weighted by molar-refractivity contribution is -0.0245. The molecule has 0 spiro atoms. The van der Waals surface area contributed by atoms with E-state index in [0.717, 1.165) is 56.0 Å². The largest absolute Gasteiger partial charge is 0.493 e. The fraction of sp³-hybridized carbons (Fsp3) is 0.812. The molecule has 0 saturated heterocycles. The van der Waals surface area contributed by atoms with Crippen LogP contribution in [0.25, 0.3) is 0 Å². The SMILES string of the molecule is CCCC1CCC(O)(c2c(OC)cnn2CCC)CC1. The van der Waals surface area contributed by atoms with Gasteiger partial charge in [0.25, 0.3) is 0 Å². The number of nitrogens with zero attached hydrogens (tertiary/aromatic N) is 2. The topological polar surface area (TPSA) is 47.3 Å². The van der Waals surface area contributed by atoms with Gasteiger partial charge in [0.15, 0.2) is 5.75 Å². The smallest absolute Gasteiger partial charge is 0.162 e. The van der Waals surface area contributed by atoms with Gasteiger partial charge >= 0.3 is 0 Å². The molecule has 4 heteroatoms. The van der Waals surface area contributed by atoms with Crippen LogP contribution in [-0.2, 0) is 12.1 Å². The number of ether oxygens (including phenoxy) is 1. The van der Waals surface area contributed by atoms with E-state index >= 15 is 0 Å². The summed E-state index contributed by atoms with van der Waals surface area (Å²) in [6, 6.07) is 0. The molecule has 0 bridgehead atoms. The minimum absolute atomic E-state index is 0.731. The Morgan fingerprint density at radius 2 is 2.05 bits per heavy atom. The van der Waals surface area contributed by atoms with E-state index in [1.54, 1.807) is 13.3 Å². The summed E-state index contributed by atoms with van der Waals surface area (Å²) in [7, 11) is 1.66. The van der Waals surface area contributed by atoms with Crippen LogP contribution in [0.2, 0.25) is 0 Å². The summed E-state index contributed by atoms with van der Waals surface area (Å²) in [5.41, 5.74) is 0.123. The highest BCUT2D eigenvalue weighted by atomic mass is 16.5. The molecule has 0 radical (unpaired) electrons. The fourth-order valence-electron chi connectivity index (χ4n) is 3.46. The van der Waals surface area contributed by atoms with Crippen molar-refractivity contribution >= 4 is 0 Å². The minimum Gasteiger partial charge on any atom is -0.493 e. The Balaban J connectivity index is 2.19. The number of rotatable bonds is 6. The first kappa shape index (κ1) is 15.4. The molecule has 1 fully saturated rings. The first-order chi connectivity index (χ1) is 9.64. The van der Waals surface area contributed by atoms with Crippen molar-refractivity contribution < 1.29 is 9.84 Å². The predicted octanol–water partition coefficient (Wildman–Crippen LogP) is 3.48. The monoisotopic (exact) mass is 280 g/mol. The van der Waals surface area contributed by atoms with E-state index < -0.39 is 5.60 Å². The summed E-state index contributed by atoms with van der Waals surface area (Å²) < 4.78 is 7.35. The van der Waals surface area contributed by atoms with Crippen molar-refractivity contribution in [3.63, 3.8) is 0 Å². The first-order valence-electron chi connectivity index (χ1n) is 7.97. The molecule has 1 heterocycles. The third-order valence-corrected chi connectivity index (χ3v) is 4.53. The van der Waals surface area contributed by atoms with E-state index in [9.17, 15) is 5.11 Å². The summed E-state index contributed by atoms with van der Waals surface area (Å²) in [6.45, 7) is 5.19. The van der Waals surface area contributed by atoms with Crippen molar-refractivity contribution in [1.29, 1.82) is 0 Å². The molecule has 114 valence electrons. The standard InChI is InChI=1S/C16H28N2O2/c1-4-6-13-7-9-16(19,10-8-13)15-14(20-3)12-17-18(15)11-5-2/h12-13,19H,4-11H2,1-3H3. The van der Waals surface area contributed by atoms with Crippen LogP contribution in [0.3, 0.4) is 0 Å². The number of methoxy groups -OCH3 is 1. The van der Waals surface area contributed by atoms with E-state index in [4.69, 9.17) is 4.74 Å². The van der Waals surface area contributed by atoms with Crippen molar-refractivity contribution in [2.45, 2.75) is 70.9 Å². The molecule has 1 N–H and O–H groups in total. The number of aryl methyl sites for hydroxylation is 1. The third-order valence-electron chi connectivity index (χ3n) is 4.53. The van der Waals surface area contributed by atoms with Gasteiger partial charge in [0.2, 0.25) is 0 Å². The van der Waals surface area contributed by atoms with Gasteiger partial charge < -0.3 is 9.84 Å².